The molecule has 3 N–H and O–H groups in total. The molecule has 0 aliphatic heterocycles. The molecule has 0 amide bonds. The number of ether oxygens (including phenoxy) is 1. The molecule has 0 fully saturated rings. The van der Waals surface area contributed by atoms with E-state index in [2.05, 4.69) is 0 Å². The summed E-state index contributed by atoms with van der Waals surface area (Å²) in [6.07, 6.45) is 0.0184. The van der Waals surface area contributed by atoms with Crippen LogP contribution in [0.15, 0.2) is 47.8 Å². The average molecular weight is 277 g/mol. The summed E-state index contributed by atoms with van der Waals surface area (Å²) < 4.78 is 5.48. The number of aliphatic hydroxyl groups is 1. The largest absolute Gasteiger partial charge is 0.389 e. The number of nitrogens with two attached hydrogens (primary N) is 1. The Labute approximate surface area is 117 Å². The monoisotopic (exact) mass is 277 g/mol. The van der Waals surface area contributed by atoms with Gasteiger partial charge < -0.3 is 15.6 Å². The van der Waals surface area contributed by atoms with Crippen molar-refractivity contribution in [3.8, 4) is 0 Å². The second-order valence-corrected chi connectivity index (χ2v) is 5.55. The summed E-state index contributed by atoms with van der Waals surface area (Å²) in [5.74, 6) is 0. The number of rotatable bonds is 7. The van der Waals surface area contributed by atoms with Gasteiger partial charge >= 0.3 is 0 Å². The lowest BCUT2D eigenvalue weighted by atomic mass is 10.0. The van der Waals surface area contributed by atoms with Crippen molar-refractivity contribution in [1.29, 1.82) is 0 Å². The Bertz CT molecular complexity index is 458. The summed E-state index contributed by atoms with van der Waals surface area (Å²) in [6.45, 7) is 0.804. The predicted molar refractivity (Wildman–Crippen MR) is 78.1 cm³/mol. The molecule has 2 rings (SSSR count). The number of hydrogen-bond donors (Lipinski definition) is 2. The van der Waals surface area contributed by atoms with Crippen LogP contribution in [0.1, 0.15) is 10.4 Å². The first-order valence-electron chi connectivity index (χ1n) is 6.33. The molecule has 1 aromatic heterocycles. The zero-order chi connectivity index (χ0) is 13.5. The number of benzene rings is 1. The Kier molecular flexibility index (Phi) is 5.54. The molecule has 0 saturated heterocycles. The van der Waals surface area contributed by atoms with Crippen LogP contribution in [0.5, 0.6) is 0 Å². The molecule has 2 aromatic rings. The second-order valence-electron chi connectivity index (χ2n) is 4.52. The Morgan fingerprint density at radius 1 is 1.16 bits per heavy atom. The lowest BCUT2D eigenvalue weighted by Crippen LogP contribution is -2.39. The van der Waals surface area contributed by atoms with Crippen LogP contribution in [-0.4, -0.2) is 23.9 Å². The van der Waals surface area contributed by atoms with Crippen LogP contribution in [-0.2, 0) is 17.8 Å². The van der Waals surface area contributed by atoms with Crippen molar-refractivity contribution in [2.75, 3.05) is 6.61 Å². The van der Waals surface area contributed by atoms with Crippen molar-refractivity contribution in [2.45, 2.75) is 25.2 Å². The molecule has 0 saturated carbocycles. The third-order valence-corrected chi connectivity index (χ3v) is 3.77. The first kappa shape index (κ1) is 14.2. The predicted octanol–water partition coefficient (Wildman–Crippen LogP) is 2.20. The van der Waals surface area contributed by atoms with Crippen LogP contribution in [0.2, 0.25) is 0 Å². The molecule has 102 valence electrons. The number of hydrogen-bond acceptors (Lipinski definition) is 4. The van der Waals surface area contributed by atoms with E-state index in [0.29, 0.717) is 13.0 Å². The van der Waals surface area contributed by atoms with Gasteiger partial charge in [-0.1, -0.05) is 36.4 Å². The van der Waals surface area contributed by atoms with E-state index in [1.807, 2.05) is 47.8 Å². The van der Waals surface area contributed by atoms with Crippen LogP contribution in [0.4, 0.5) is 0 Å². The Morgan fingerprint density at radius 2 is 1.95 bits per heavy atom. The Balaban J connectivity index is 1.71. The van der Waals surface area contributed by atoms with E-state index in [4.69, 9.17) is 10.5 Å². The SMILES string of the molecule is NC(Cc1ccccc1)C(O)COCc1cccs1. The Morgan fingerprint density at radius 3 is 2.63 bits per heavy atom. The minimum Gasteiger partial charge on any atom is -0.389 e. The van der Waals surface area contributed by atoms with Crippen LogP contribution < -0.4 is 5.73 Å². The molecule has 2 atom stereocenters. The first-order valence-corrected chi connectivity index (χ1v) is 7.21. The number of thiophene rings is 1. The van der Waals surface area contributed by atoms with Crippen LogP contribution in [0.25, 0.3) is 0 Å². The van der Waals surface area contributed by atoms with Gasteiger partial charge in [0.05, 0.1) is 19.3 Å². The molecule has 0 aliphatic rings. The van der Waals surface area contributed by atoms with Gasteiger partial charge in [-0.25, -0.2) is 0 Å². The van der Waals surface area contributed by atoms with E-state index < -0.39 is 6.10 Å². The highest BCUT2D eigenvalue weighted by molar-refractivity contribution is 7.09. The lowest BCUT2D eigenvalue weighted by Gasteiger charge is -2.18. The van der Waals surface area contributed by atoms with Gasteiger partial charge in [0, 0.05) is 10.9 Å². The van der Waals surface area contributed by atoms with Gasteiger partial charge in [-0.05, 0) is 23.4 Å². The van der Waals surface area contributed by atoms with E-state index in [1.165, 1.54) is 0 Å². The molecule has 0 aliphatic carbocycles. The van der Waals surface area contributed by atoms with Crippen LogP contribution in [0, 0.1) is 0 Å². The molecule has 3 nitrogen and oxygen atoms in total. The minimum atomic E-state index is -0.639. The molecule has 19 heavy (non-hydrogen) atoms. The third-order valence-electron chi connectivity index (χ3n) is 2.92. The summed E-state index contributed by atoms with van der Waals surface area (Å²) in [5.41, 5.74) is 7.11. The van der Waals surface area contributed by atoms with Gasteiger partial charge in [-0.2, -0.15) is 0 Å². The van der Waals surface area contributed by atoms with Crippen molar-refractivity contribution in [3.63, 3.8) is 0 Å². The maximum Gasteiger partial charge on any atom is 0.0927 e. The third kappa shape index (κ3) is 4.76. The smallest absolute Gasteiger partial charge is 0.0927 e. The second kappa shape index (κ2) is 7.40. The molecule has 0 bridgehead atoms. The van der Waals surface area contributed by atoms with E-state index in [1.54, 1.807) is 11.3 Å². The highest BCUT2D eigenvalue weighted by Gasteiger charge is 2.15. The molecular formula is C15H19NO2S. The topological polar surface area (TPSA) is 55.5 Å². The lowest BCUT2D eigenvalue weighted by molar-refractivity contribution is 0.0169. The summed E-state index contributed by atoms with van der Waals surface area (Å²) in [7, 11) is 0. The van der Waals surface area contributed by atoms with Crippen molar-refractivity contribution < 1.29 is 9.84 Å². The molecular weight excluding hydrogens is 258 g/mol. The van der Waals surface area contributed by atoms with Gasteiger partial charge in [0.25, 0.3) is 0 Å². The fraction of sp³-hybridized carbons (Fsp3) is 0.333. The van der Waals surface area contributed by atoms with Gasteiger partial charge in [0.2, 0.25) is 0 Å². The molecule has 4 heteroatoms. The van der Waals surface area contributed by atoms with Crippen molar-refractivity contribution in [1.82, 2.24) is 0 Å². The summed E-state index contributed by atoms with van der Waals surface area (Å²) in [6, 6.07) is 13.6. The summed E-state index contributed by atoms with van der Waals surface area (Å²) >= 11 is 1.65. The average Bonchev–Trinajstić information content (AvgIpc) is 2.93. The van der Waals surface area contributed by atoms with Gasteiger partial charge in [-0.15, -0.1) is 11.3 Å². The molecule has 0 spiro atoms. The quantitative estimate of drug-likeness (QED) is 0.815. The van der Waals surface area contributed by atoms with Crippen molar-refractivity contribution >= 4 is 11.3 Å². The van der Waals surface area contributed by atoms with Crippen LogP contribution in [0.3, 0.4) is 0 Å². The first-order chi connectivity index (χ1) is 9.25. The molecule has 0 radical (unpaired) electrons. The van der Waals surface area contributed by atoms with Gasteiger partial charge in [-0.3, -0.25) is 0 Å². The Hall–Kier alpha value is -1.20. The van der Waals surface area contributed by atoms with E-state index >= 15 is 0 Å². The van der Waals surface area contributed by atoms with E-state index in [9.17, 15) is 5.11 Å². The zero-order valence-corrected chi connectivity index (χ0v) is 11.6. The van der Waals surface area contributed by atoms with Crippen LogP contribution >= 0.6 is 11.3 Å². The molecule has 2 unspecified atom stereocenters. The number of aliphatic hydroxyl groups excluding tert-OH is 1. The standard InChI is InChI=1S/C15H19NO2S/c16-14(9-12-5-2-1-3-6-12)15(17)11-18-10-13-7-4-8-19-13/h1-8,14-15,17H,9-11,16H2. The zero-order valence-electron chi connectivity index (χ0n) is 10.7. The highest BCUT2D eigenvalue weighted by Crippen LogP contribution is 2.10. The highest BCUT2D eigenvalue weighted by atomic mass is 32.1. The van der Waals surface area contributed by atoms with Gasteiger partial charge in [0.1, 0.15) is 0 Å². The van der Waals surface area contributed by atoms with E-state index in [0.717, 1.165) is 10.4 Å². The summed E-state index contributed by atoms with van der Waals surface area (Å²) in [4.78, 5) is 1.16. The van der Waals surface area contributed by atoms with E-state index in [-0.39, 0.29) is 12.6 Å². The summed E-state index contributed by atoms with van der Waals surface area (Å²) in [5, 5.41) is 12.0. The fourth-order valence-electron chi connectivity index (χ4n) is 1.82. The fourth-order valence-corrected chi connectivity index (χ4v) is 2.46. The van der Waals surface area contributed by atoms with Crippen molar-refractivity contribution in [3.05, 3.63) is 58.3 Å². The molecule has 1 heterocycles. The van der Waals surface area contributed by atoms with Gasteiger partial charge in [0.15, 0.2) is 0 Å². The normalized spacial score (nSPS) is 14.2. The molecule has 1 aromatic carbocycles. The maximum absolute atomic E-state index is 9.96. The minimum absolute atomic E-state index is 0.270. The maximum atomic E-state index is 9.96. The van der Waals surface area contributed by atoms with Crippen molar-refractivity contribution in [2.24, 2.45) is 5.73 Å².